The van der Waals surface area contributed by atoms with Gasteiger partial charge >= 0.3 is 111 Å². The Labute approximate surface area is 111 Å². The molecule has 0 atom stereocenters. The Bertz CT molecular complexity index is 521. The minimum atomic E-state index is -2.20. The van der Waals surface area contributed by atoms with Crippen molar-refractivity contribution in [3.63, 3.8) is 0 Å². The Balaban J connectivity index is 2.63. The van der Waals surface area contributed by atoms with E-state index in [1.54, 1.807) is 12.4 Å². The molecule has 2 nitrogen and oxygen atoms in total. The molecule has 0 fully saturated rings. The second-order valence-corrected chi connectivity index (χ2v) is 19.8. The number of aromatic nitrogens is 2. The first-order valence-electron chi connectivity index (χ1n) is 5.55. The maximum absolute atomic E-state index is 6.11. The predicted octanol–water partition coefficient (Wildman–Crippen LogP) is 3.34. The fourth-order valence-corrected chi connectivity index (χ4v) is 6.82. The van der Waals surface area contributed by atoms with Crippen LogP contribution in [-0.2, 0) is 0 Å². The van der Waals surface area contributed by atoms with Gasteiger partial charge in [-0.1, -0.05) is 0 Å². The summed E-state index contributed by atoms with van der Waals surface area (Å²) in [6, 6.07) is 6.08. The van der Waals surface area contributed by atoms with Crippen LogP contribution in [0, 0.1) is 0 Å². The topological polar surface area (TPSA) is 25.8 Å². The molecule has 0 saturated heterocycles. The van der Waals surface area contributed by atoms with Crippen LogP contribution in [0.25, 0.3) is 11.3 Å². The van der Waals surface area contributed by atoms with Crippen molar-refractivity contribution in [2.45, 2.75) is 14.8 Å². The van der Waals surface area contributed by atoms with Crippen LogP contribution in [0.4, 0.5) is 0 Å². The van der Waals surface area contributed by atoms with E-state index in [4.69, 9.17) is 11.6 Å². The Morgan fingerprint density at radius 1 is 1.12 bits per heavy atom. The summed E-state index contributed by atoms with van der Waals surface area (Å²) in [6.07, 6.45) is 5.23. The molecule has 17 heavy (non-hydrogen) atoms. The van der Waals surface area contributed by atoms with Crippen LogP contribution in [-0.4, -0.2) is 28.3 Å². The fraction of sp³-hybridized carbons (Fsp3) is 0.231. The first kappa shape index (κ1) is 12.8. The zero-order valence-electron chi connectivity index (χ0n) is 10.2. The van der Waals surface area contributed by atoms with Crippen molar-refractivity contribution in [3.05, 3.63) is 41.8 Å². The number of benzene rings is 1. The average molecular weight is 353 g/mol. The fourth-order valence-electron chi connectivity index (χ4n) is 1.80. The molecule has 0 aliphatic rings. The van der Waals surface area contributed by atoms with E-state index in [0.717, 1.165) is 10.7 Å². The summed E-state index contributed by atoms with van der Waals surface area (Å²) in [5.74, 6) is 0. The van der Waals surface area contributed by atoms with Gasteiger partial charge in [0.25, 0.3) is 0 Å². The molecule has 0 N–H and O–H groups in total. The van der Waals surface area contributed by atoms with E-state index < -0.39 is 18.4 Å². The van der Waals surface area contributed by atoms with Crippen LogP contribution in [0.15, 0.2) is 36.8 Å². The molecular weight excluding hydrogens is 338 g/mol. The zero-order chi connectivity index (χ0) is 12.5. The van der Waals surface area contributed by atoms with E-state index in [-0.39, 0.29) is 0 Å². The number of hydrogen-bond donors (Lipinski definition) is 0. The van der Waals surface area contributed by atoms with Gasteiger partial charge in [-0.2, -0.15) is 0 Å². The van der Waals surface area contributed by atoms with Crippen LogP contribution in [0.3, 0.4) is 0 Å². The second kappa shape index (κ2) is 4.94. The molecule has 0 amide bonds. The molecule has 4 heteroatoms. The predicted molar refractivity (Wildman–Crippen MR) is 75.5 cm³/mol. The minimum absolute atomic E-state index is 0.805. The van der Waals surface area contributed by atoms with Gasteiger partial charge in [-0.3, -0.25) is 0 Å². The second-order valence-electron chi connectivity index (χ2n) is 5.03. The number of hydrogen-bond acceptors (Lipinski definition) is 2. The maximum atomic E-state index is 6.11. The molecule has 0 unspecified atom stereocenters. The van der Waals surface area contributed by atoms with Gasteiger partial charge in [-0.25, -0.2) is 0 Å². The standard InChI is InChI=1S/C10H6ClN2.3CH3.Sn/c11-9-3-1-8(2-4-9)10-7-12-5-6-13-10;;;;/h1,3-7H;3*1H3;. The van der Waals surface area contributed by atoms with E-state index in [2.05, 4.69) is 36.9 Å². The van der Waals surface area contributed by atoms with E-state index in [0.29, 0.717) is 0 Å². The summed E-state index contributed by atoms with van der Waals surface area (Å²) in [5.41, 5.74) is 2.12. The molecule has 2 aromatic rings. The van der Waals surface area contributed by atoms with Crippen molar-refractivity contribution in [2.75, 3.05) is 0 Å². The van der Waals surface area contributed by atoms with Crippen LogP contribution in [0.1, 0.15) is 0 Å². The van der Waals surface area contributed by atoms with E-state index in [1.165, 1.54) is 9.14 Å². The third kappa shape index (κ3) is 2.99. The quantitative estimate of drug-likeness (QED) is 0.774. The average Bonchev–Trinajstić information content (AvgIpc) is 2.29. The molecule has 0 spiro atoms. The number of halogens is 1. The van der Waals surface area contributed by atoms with Gasteiger partial charge < -0.3 is 0 Å². The van der Waals surface area contributed by atoms with Gasteiger partial charge in [-0.05, 0) is 0 Å². The summed E-state index contributed by atoms with van der Waals surface area (Å²) in [6.45, 7) is 0. The van der Waals surface area contributed by atoms with Crippen molar-refractivity contribution in [3.8, 4) is 11.3 Å². The Morgan fingerprint density at radius 3 is 2.47 bits per heavy atom. The molecule has 0 bridgehead atoms. The summed E-state index contributed by atoms with van der Waals surface area (Å²) in [4.78, 5) is 15.6. The van der Waals surface area contributed by atoms with E-state index in [9.17, 15) is 0 Å². The van der Waals surface area contributed by atoms with Gasteiger partial charge in [0.2, 0.25) is 0 Å². The number of nitrogens with zero attached hydrogens (tertiary/aromatic N) is 2. The molecule has 0 radical (unpaired) electrons. The monoisotopic (exact) mass is 354 g/mol. The molecule has 88 valence electrons. The Kier molecular flexibility index (Phi) is 3.73. The van der Waals surface area contributed by atoms with Crippen LogP contribution in [0.2, 0.25) is 19.8 Å². The molecule has 1 heterocycles. The summed E-state index contributed by atoms with van der Waals surface area (Å²) in [7, 11) is 0. The molecule has 0 saturated carbocycles. The summed E-state index contributed by atoms with van der Waals surface area (Å²) < 4.78 is 1.40. The van der Waals surface area contributed by atoms with Crippen molar-refractivity contribution < 1.29 is 0 Å². The van der Waals surface area contributed by atoms with Crippen molar-refractivity contribution in [1.82, 2.24) is 9.97 Å². The molecule has 2 rings (SSSR count). The molecule has 0 aliphatic heterocycles. The van der Waals surface area contributed by atoms with Crippen molar-refractivity contribution in [2.24, 2.45) is 0 Å². The van der Waals surface area contributed by atoms with Crippen molar-refractivity contribution >= 4 is 33.6 Å². The van der Waals surface area contributed by atoms with Crippen LogP contribution >= 0.6 is 11.6 Å². The number of rotatable bonds is 2. The Morgan fingerprint density at radius 2 is 1.88 bits per heavy atom. The third-order valence-corrected chi connectivity index (χ3v) is 8.66. The van der Waals surface area contributed by atoms with E-state index >= 15 is 0 Å². The Hall–Kier alpha value is -0.611. The molecule has 1 aromatic carbocycles. The van der Waals surface area contributed by atoms with Crippen LogP contribution < -0.4 is 3.58 Å². The summed E-state index contributed by atoms with van der Waals surface area (Å²) >= 11 is 3.91. The molecular formula is C13H15ClN2Sn. The molecule has 0 aliphatic carbocycles. The van der Waals surface area contributed by atoms with Crippen molar-refractivity contribution in [1.29, 1.82) is 0 Å². The van der Waals surface area contributed by atoms with E-state index in [1.807, 2.05) is 12.3 Å². The first-order valence-corrected chi connectivity index (χ1v) is 15.9. The zero-order valence-corrected chi connectivity index (χ0v) is 13.8. The normalized spacial score (nSPS) is 11.5. The molecule has 1 aromatic heterocycles. The first-order chi connectivity index (χ1) is 7.98. The third-order valence-electron chi connectivity index (χ3n) is 2.63. The van der Waals surface area contributed by atoms with Crippen LogP contribution in [0.5, 0.6) is 0 Å². The van der Waals surface area contributed by atoms with Gasteiger partial charge in [0, 0.05) is 0 Å². The summed E-state index contributed by atoms with van der Waals surface area (Å²) in [5, 5.41) is 0.805. The van der Waals surface area contributed by atoms with Gasteiger partial charge in [0.1, 0.15) is 0 Å². The van der Waals surface area contributed by atoms with Gasteiger partial charge in [0.15, 0.2) is 0 Å². The van der Waals surface area contributed by atoms with Gasteiger partial charge in [0.05, 0.1) is 0 Å². The SMILES string of the molecule is [CH3][Sn]([CH3])([CH3])[c]1cc(Cl)ccc1-c1cnccn1. The van der Waals surface area contributed by atoms with Gasteiger partial charge in [-0.15, -0.1) is 0 Å².